The maximum Gasteiger partial charge on any atom is 0.268 e. The molecule has 1 atom stereocenters. The summed E-state index contributed by atoms with van der Waals surface area (Å²) < 4.78 is 35.3. The molecule has 11 nitrogen and oxygen atoms in total. The van der Waals surface area contributed by atoms with Crippen molar-refractivity contribution in [1.82, 2.24) is 14.9 Å². The fraction of sp³-hybridized carbons (Fsp3) is 0.300. The normalized spacial score (nSPS) is 14.8. The summed E-state index contributed by atoms with van der Waals surface area (Å²) in [5.41, 5.74) is 2.55. The second-order valence-corrected chi connectivity index (χ2v) is 11.0. The Labute approximate surface area is 247 Å². The predicted molar refractivity (Wildman–Crippen MR) is 165 cm³/mol. The monoisotopic (exact) mass is 590 g/mol. The van der Waals surface area contributed by atoms with E-state index < -0.39 is 11.3 Å². The highest BCUT2D eigenvalue weighted by molar-refractivity contribution is 7.81. The van der Waals surface area contributed by atoms with E-state index in [-0.39, 0.29) is 17.5 Å². The number of nitrogens with zero attached hydrogens (tertiary/aromatic N) is 4. The molecule has 3 aromatic carbocycles. The quantitative estimate of drug-likeness (QED) is 0.210. The first-order valence-corrected chi connectivity index (χ1v) is 14.7. The van der Waals surface area contributed by atoms with E-state index in [1.165, 1.54) is 0 Å². The van der Waals surface area contributed by atoms with Gasteiger partial charge in [-0.2, -0.15) is 0 Å². The minimum Gasteiger partial charge on any atom is -0.497 e. The van der Waals surface area contributed by atoms with Crippen LogP contribution in [0.25, 0.3) is 11.0 Å². The lowest BCUT2D eigenvalue weighted by Gasteiger charge is -2.29. The number of ether oxygens (including phenoxy) is 2. The molecular formula is C30H34N6O5S. The highest BCUT2D eigenvalue weighted by Crippen LogP contribution is 2.36. The Morgan fingerprint density at radius 2 is 1.64 bits per heavy atom. The van der Waals surface area contributed by atoms with Crippen molar-refractivity contribution < 1.29 is 23.0 Å². The summed E-state index contributed by atoms with van der Waals surface area (Å²) in [5, 5.41) is 6.15. The van der Waals surface area contributed by atoms with Crippen molar-refractivity contribution in [2.75, 3.05) is 48.8 Å². The van der Waals surface area contributed by atoms with Gasteiger partial charge in [0.15, 0.2) is 11.6 Å². The standard InChI is InChI=1S/C30H34N6O5S/c1-20-11-13-35(14-12-20)19-28(37)31-21-7-6-8-23(15-21)36(42(38)39)30-29(33-26-9-4-5-10-27(26)34-30)32-22-16-24(40-2)18-25(17-22)41-3/h4-10,15-18,20H,11-14,19H2,1-3H3,(H,31,37)(H,32,33)(H,38,39). The molecular weight excluding hydrogens is 556 g/mol. The van der Waals surface area contributed by atoms with E-state index in [9.17, 15) is 13.6 Å². The smallest absolute Gasteiger partial charge is 0.268 e. The lowest BCUT2D eigenvalue weighted by Crippen LogP contribution is -2.38. The molecule has 0 spiro atoms. The number of fused-ring (bicyclic) bond motifs is 1. The predicted octanol–water partition coefficient (Wildman–Crippen LogP) is 5.34. The molecule has 4 aromatic rings. The van der Waals surface area contributed by atoms with Crippen LogP contribution in [0.15, 0.2) is 66.7 Å². The Morgan fingerprint density at radius 3 is 2.29 bits per heavy atom. The van der Waals surface area contributed by atoms with Gasteiger partial charge in [0, 0.05) is 29.6 Å². The van der Waals surface area contributed by atoms with Crippen molar-refractivity contribution in [2.24, 2.45) is 5.92 Å². The number of hydrogen-bond acceptors (Lipinski definition) is 8. The number of nitrogens with one attached hydrogen (secondary N) is 2. The molecule has 0 bridgehead atoms. The summed E-state index contributed by atoms with van der Waals surface area (Å²) in [6.07, 6.45) is 2.15. The van der Waals surface area contributed by atoms with Crippen LogP contribution in [0.4, 0.5) is 28.7 Å². The second-order valence-electron chi connectivity index (χ2n) is 10.2. The first kappa shape index (κ1) is 29.2. The van der Waals surface area contributed by atoms with E-state index in [1.807, 2.05) is 18.2 Å². The molecule has 1 aliphatic rings. The number of rotatable bonds is 10. The van der Waals surface area contributed by atoms with Gasteiger partial charge in [0.05, 0.1) is 37.5 Å². The van der Waals surface area contributed by atoms with Crippen molar-refractivity contribution in [3.63, 3.8) is 0 Å². The molecule has 12 heteroatoms. The van der Waals surface area contributed by atoms with E-state index in [0.29, 0.717) is 52.1 Å². The number of methoxy groups -OCH3 is 2. The molecule has 1 unspecified atom stereocenters. The van der Waals surface area contributed by atoms with Crippen LogP contribution in [0.3, 0.4) is 0 Å². The molecule has 1 fully saturated rings. The number of benzene rings is 3. The number of aromatic nitrogens is 2. The minimum atomic E-state index is -2.54. The van der Waals surface area contributed by atoms with E-state index >= 15 is 0 Å². The Morgan fingerprint density at radius 1 is 0.976 bits per heavy atom. The number of piperidine rings is 1. The fourth-order valence-corrected chi connectivity index (χ4v) is 5.42. The van der Waals surface area contributed by atoms with E-state index in [1.54, 1.807) is 62.8 Å². The topological polar surface area (TPSA) is 129 Å². The molecule has 220 valence electrons. The number of carbonyl (C=O) groups is 1. The average molecular weight is 591 g/mol. The van der Waals surface area contributed by atoms with Crippen molar-refractivity contribution in [1.29, 1.82) is 0 Å². The zero-order chi connectivity index (χ0) is 29.6. The Kier molecular flexibility index (Phi) is 9.15. The molecule has 0 aliphatic carbocycles. The SMILES string of the molecule is COc1cc(Nc2nc3ccccc3nc2N(c2cccc(NC(=O)CN3CCC(C)CC3)c2)S(=O)O)cc(OC)c1. The summed E-state index contributed by atoms with van der Waals surface area (Å²) in [4.78, 5) is 24.4. The van der Waals surface area contributed by atoms with Crippen LogP contribution in [-0.2, 0) is 16.1 Å². The van der Waals surface area contributed by atoms with Gasteiger partial charge in [-0.3, -0.25) is 14.2 Å². The van der Waals surface area contributed by atoms with Gasteiger partial charge in [0.25, 0.3) is 11.3 Å². The summed E-state index contributed by atoms with van der Waals surface area (Å²) >= 11 is -2.54. The minimum absolute atomic E-state index is 0.113. The van der Waals surface area contributed by atoms with Gasteiger partial charge in [-0.1, -0.05) is 25.1 Å². The molecule has 0 saturated carbocycles. The van der Waals surface area contributed by atoms with Gasteiger partial charge in [-0.15, -0.1) is 0 Å². The van der Waals surface area contributed by atoms with Crippen LogP contribution in [0, 0.1) is 5.92 Å². The third kappa shape index (κ3) is 6.96. The summed E-state index contributed by atoms with van der Waals surface area (Å²) in [5.74, 6) is 1.99. The molecule has 2 heterocycles. The molecule has 1 aromatic heterocycles. The van der Waals surface area contributed by atoms with Gasteiger partial charge in [-0.05, 0) is 62.2 Å². The van der Waals surface area contributed by atoms with Crippen molar-refractivity contribution in [2.45, 2.75) is 19.8 Å². The van der Waals surface area contributed by atoms with Gasteiger partial charge >= 0.3 is 0 Å². The van der Waals surface area contributed by atoms with E-state index in [2.05, 4.69) is 22.5 Å². The highest BCUT2D eigenvalue weighted by atomic mass is 32.2. The number of likely N-dealkylation sites (tertiary alicyclic amines) is 1. The molecule has 5 rings (SSSR count). The van der Waals surface area contributed by atoms with Crippen LogP contribution in [0.5, 0.6) is 11.5 Å². The maximum absolute atomic E-state index is 12.9. The van der Waals surface area contributed by atoms with Crippen molar-refractivity contribution >= 4 is 56.9 Å². The number of carbonyl (C=O) groups excluding carboxylic acids is 1. The van der Waals surface area contributed by atoms with E-state index in [0.717, 1.165) is 30.2 Å². The summed E-state index contributed by atoms with van der Waals surface area (Å²) in [7, 11) is 3.10. The fourth-order valence-electron chi connectivity index (χ4n) is 4.85. The average Bonchev–Trinajstić information content (AvgIpc) is 2.98. The number of anilines is 5. The van der Waals surface area contributed by atoms with Crippen molar-refractivity contribution in [3.05, 3.63) is 66.7 Å². The maximum atomic E-state index is 12.9. The number of para-hydroxylation sites is 2. The van der Waals surface area contributed by atoms with Crippen LogP contribution in [-0.4, -0.2) is 63.4 Å². The Bertz CT molecular complexity index is 1570. The second kappa shape index (κ2) is 13.1. The molecule has 1 saturated heterocycles. The first-order chi connectivity index (χ1) is 20.3. The summed E-state index contributed by atoms with van der Waals surface area (Å²) in [6, 6.07) is 19.2. The molecule has 3 N–H and O–H groups in total. The van der Waals surface area contributed by atoms with Crippen molar-refractivity contribution in [3.8, 4) is 11.5 Å². The van der Waals surface area contributed by atoms with Gasteiger partial charge in [0.1, 0.15) is 11.5 Å². The molecule has 1 amide bonds. The zero-order valence-electron chi connectivity index (χ0n) is 23.7. The van der Waals surface area contributed by atoms with Gasteiger partial charge in [0.2, 0.25) is 5.91 Å². The lowest BCUT2D eigenvalue weighted by molar-refractivity contribution is -0.117. The van der Waals surface area contributed by atoms with Gasteiger partial charge in [-0.25, -0.2) is 18.5 Å². The van der Waals surface area contributed by atoms with Crippen LogP contribution in [0.2, 0.25) is 0 Å². The van der Waals surface area contributed by atoms with Crippen LogP contribution >= 0.6 is 0 Å². The lowest BCUT2D eigenvalue weighted by atomic mass is 9.99. The first-order valence-electron chi connectivity index (χ1n) is 13.6. The molecule has 0 radical (unpaired) electrons. The van der Waals surface area contributed by atoms with E-state index in [4.69, 9.17) is 19.4 Å². The number of hydrogen-bond donors (Lipinski definition) is 3. The van der Waals surface area contributed by atoms with Gasteiger partial charge < -0.3 is 20.1 Å². The highest BCUT2D eigenvalue weighted by Gasteiger charge is 2.24. The Hall–Kier alpha value is -4.26. The largest absolute Gasteiger partial charge is 0.497 e. The Balaban J connectivity index is 1.48. The number of amides is 1. The molecule has 42 heavy (non-hydrogen) atoms. The zero-order valence-corrected chi connectivity index (χ0v) is 24.6. The summed E-state index contributed by atoms with van der Waals surface area (Å²) in [6.45, 7) is 4.30. The van der Waals surface area contributed by atoms with Crippen LogP contribution < -0.4 is 24.4 Å². The third-order valence-electron chi connectivity index (χ3n) is 7.12. The molecule has 1 aliphatic heterocycles. The third-order valence-corrected chi connectivity index (χ3v) is 7.82. The van der Waals surface area contributed by atoms with Crippen LogP contribution in [0.1, 0.15) is 19.8 Å².